The number of carboxylic acid groups (broad SMARTS) is 1. The molecule has 0 unspecified atom stereocenters. The summed E-state index contributed by atoms with van der Waals surface area (Å²) in [6, 6.07) is 0. The molecule has 0 atom stereocenters. The average Bonchev–Trinajstić information content (AvgIpc) is 2.22. The fourth-order valence-electron chi connectivity index (χ4n) is 0.117. The summed E-state index contributed by atoms with van der Waals surface area (Å²) in [6.07, 6.45) is 1.93. The summed E-state index contributed by atoms with van der Waals surface area (Å²) in [5.74, 6) is -1.31. The van der Waals surface area contributed by atoms with Crippen molar-refractivity contribution in [3.63, 3.8) is 0 Å². The molecule has 0 amide bonds. The third kappa shape index (κ3) is 150. The summed E-state index contributed by atoms with van der Waals surface area (Å²) < 4.78 is 4.17. The third-order valence-electron chi connectivity index (χ3n) is 0.424. The number of hydrogen-bond acceptors (Lipinski definition) is 3. The van der Waals surface area contributed by atoms with Crippen LogP contribution < -0.4 is 0 Å². The van der Waals surface area contributed by atoms with Crippen LogP contribution in [0.3, 0.4) is 0 Å². The Hall–Kier alpha value is -1.81. The van der Waals surface area contributed by atoms with Gasteiger partial charge in [0, 0.05) is 13.0 Å². The molecule has 0 saturated heterocycles. The molecule has 0 aliphatic carbocycles. The summed E-state index contributed by atoms with van der Waals surface area (Å²) in [5.41, 5.74) is 1.22. The number of carbonyl (C=O) groups is 2. The van der Waals surface area contributed by atoms with E-state index >= 15 is 0 Å². The second-order valence-electron chi connectivity index (χ2n) is 1.47. The first kappa shape index (κ1) is 23.8. The van der Waals surface area contributed by atoms with Gasteiger partial charge in [-0.3, -0.25) is 4.79 Å². The van der Waals surface area contributed by atoms with Gasteiger partial charge in [-0.2, -0.15) is 0 Å². The smallest absolute Gasteiger partial charge is 0.327 e. The number of ether oxygens (including phenoxy) is 1. The second-order valence-corrected chi connectivity index (χ2v) is 1.78. The molecule has 0 aliphatic rings. The molecule has 1 N–H and O–H groups in total. The molecular formula is C11H17ClO4. The van der Waals surface area contributed by atoms with Crippen molar-refractivity contribution in [3.05, 3.63) is 50.8 Å². The molecule has 0 spiro atoms. The van der Waals surface area contributed by atoms with Gasteiger partial charge in [0.2, 0.25) is 0 Å². The zero-order valence-electron chi connectivity index (χ0n) is 9.32. The Balaban J connectivity index is -0.0000000653. The Kier molecular flexibility index (Phi) is 43.4. The van der Waals surface area contributed by atoms with E-state index in [9.17, 15) is 9.59 Å². The van der Waals surface area contributed by atoms with E-state index in [0.717, 1.165) is 12.3 Å². The van der Waals surface area contributed by atoms with E-state index < -0.39 is 5.97 Å². The Morgan fingerprint density at radius 2 is 1.50 bits per heavy atom. The summed E-state index contributed by atoms with van der Waals surface area (Å²) in [4.78, 5) is 19.0. The maximum Gasteiger partial charge on any atom is 0.327 e. The van der Waals surface area contributed by atoms with Gasteiger partial charge in [-0.25, -0.2) is 4.79 Å². The standard InChI is InChI=1S/C4H6O2.C3H4O2.C2H3Cl.C2H4/c1-3-6-4(2)5;1-2-3(4)5;1-2-3;1-2/h3H,1H2,2H3;2H,1H2,(H,4,5);2H,1H2;1-2H2. The van der Waals surface area contributed by atoms with Crippen molar-refractivity contribution >= 4 is 23.5 Å². The molecule has 0 saturated carbocycles. The molecule has 0 bridgehead atoms. The zero-order chi connectivity index (χ0) is 14.0. The largest absolute Gasteiger partial charge is 0.478 e. The van der Waals surface area contributed by atoms with Crippen LogP contribution in [0.2, 0.25) is 0 Å². The fourth-order valence-corrected chi connectivity index (χ4v) is 0.117. The number of carbonyl (C=O) groups excluding carboxylic acids is 1. The van der Waals surface area contributed by atoms with Gasteiger partial charge in [0.25, 0.3) is 0 Å². The molecule has 0 aromatic heterocycles. The summed E-state index contributed by atoms with van der Waals surface area (Å²) in [5, 5.41) is 7.60. The van der Waals surface area contributed by atoms with Crippen LogP contribution in [0.15, 0.2) is 50.8 Å². The van der Waals surface area contributed by atoms with Gasteiger partial charge in [0.05, 0.1) is 6.26 Å². The first-order chi connectivity index (χ1) is 7.45. The van der Waals surface area contributed by atoms with Gasteiger partial charge >= 0.3 is 11.9 Å². The van der Waals surface area contributed by atoms with Crippen LogP contribution in [0.25, 0.3) is 0 Å². The molecule has 4 nitrogen and oxygen atoms in total. The highest BCUT2D eigenvalue weighted by molar-refractivity contribution is 6.25. The number of halogens is 1. The molecule has 0 aromatic rings. The highest BCUT2D eigenvalue weighted by Gasteiger charge is 1.79. The molecule has 0 rings (SSSR count). The predicted molar refractivity (Wildman–Crippen MR) is 67.1 cm³/mol. The van der Waals surface area contributed by atoms with Gasteiger partial charge in [-0.15, -0.1) is 13.2 Å². The maximum atomic E-state index is 9.75. The lowest BCUT2D eigenvalue weighted by molar-refractivity contribution is -0.135. The number of carboxylic acids is 1. The van der Waals surface area contributed by atoms with E-state index in [1.54, 1.807) is 0 Å². The van der Waals surface area contributed by atoms with E-state index in [2.05, 4.69) is 37.6 Å². The summed E-state index contributed by atoms with van der Waals surface area (Å²) >= 11 is 4.76. The Bertz CT molecular complexity index is 212. The van der Waals surface area contributed by atoms with Gasteiger partial charge in [-0.05, 0) is 5.54 Å². The number of aliphatic carboxylic acids is 1. The van der Waals surface area contributed by atoms with E-state index in [1.165, 1.54) is 12.5 Å². The molecule has 5 heteroatoms. The van der Waals surface area contributed by atoms with Crippen molar-refractivity contribution in [3.8, 4) is 0 Å². The first-order valence-electron chi connectivity index (χ1n) is 3.80. The molecule has 0 aromatic carbocycles. The summed E-state index contributed by atoms with van der Waals surface area (Å²) in [7, 11) is 0. The highest BCUT2D eigenvalue weighted by atomic mass is 35.5. The fraction of sp³-hybridized carbons (Fsp3) is 0.0909. The normalized spacial score (nSPS) is 5.62. The minimum absolute atomic E-state index is 0.329. The number of hydrogen-bond donors (Lipinski definition) is 1. The minimum atomic E-state index is -0.981. The van der Waals surface area contributed by atoms with Gasteiger partial charge in [-0.1, -0.05) is 31.3 Å². The van der Waals surface area contributed by atoms with Crippen LogP contribution in [-0.2, 0) is 14.3 Å². The van der Waals surface area contributed by atoms with Crippen LogP contribution in [0.1, 0.15) is 6.92 Å². The molecule has 0 radical (unpaired) electrons. The summed E-state index contributed by atoms with van der Waals surface area (Å²) in [6.45, 7) is 16.6. The topological polar surface area (TPSA) is 63.6 Å². The van der Waals surface area contributed by atoms with Crippen molar-refractivity contribution in [2.75, 3.05) is 0 Å². The number of esters is 1. The lowest BCUT2D eigenvalue weighted by Crippen LogP contribution is -1.87. The number of rotatable bonds is 2. The average molecular weight is 249 g/mol. The first-order valence-corrected chi connectivity index (χ1v) is 4.24. The van der Waals surface area contributed by atoms with Gasteiger partial charge in [0.15, 0.2) is 0 Å². The molecular weight excluding hydrogens is 232 g/mol. The Morgan fingerprint density at radius 3 is 1.50 bits per heavy atom. The van der Waals surface area contributed by atoms with Crippen LogP contribution in [-0.4, -0.2) is 17.0 Å². The van der Waals surface area contributed by atoms with E-state index in [4.69, 9.17) is 16.7 Å². The third-order valence-corrected chi connectivity index (χ3v) is 0.424. The quantitative estimate of drug-likeness (QED) is 0.353. The molecule has 92 valence electrons. The van der Waals surface area contributed by atoms with Crippen LogP contribution >= 0.6 is 11.6 Å². The molecule has 0 aliphatic heterocycles. The van der Waals surface area contributed by atoms with Gasteiger partial charge in [0.1, 0.15) is 0 Å². The highest BCUT2D eigenvalue weighted by Crippen LogP contribution is 1.70. The SMILES string of the molecule is C=C.C=CC(=O)O.C=CCl.C=COC(C)=O. The second kappa shape index (κ2) is 29.2. The maximum absolute atomic E-state index is 9.75. The molecule has 16 heavy (non-hydrogen) atoms. The van der Waals surface area contributed by atoms with E-state index in [1.807, 2.05) is 0 Å². The Morgan fingerprint density at radius 1 is 1.25 bits per heavy atom. The van der Waals surface area contributed by atoms with E-state index in [0.29, 0.717) is 0 Å². The lowest BCUT2D eigenvalue weighted by Gasteiger charge is -1.83. The van der Waals surface area contributed by atoms with Crippen LogP contribution in [0.4, 0.5) is 0 Å². The van der Waals surface area contributed by atoms with Crippen molar-refractivity contribution in [1.29, 1.82) is 0 Å². The van der Waals surface area contributed by atoms with Crippen molar-refractivity contribution in [1.82, 2.24) is 0 Å². The van der Waals surface area contributed by atoms with Crippen molar-refractivity contribution in [2.45, 2.75) is 6.92 Å². The van der Waals surface area contributed by atoms with Crippen LogP contribution in [0.5, 0.6) is 0 Å². The monoisotopic (exact) mass is 248 g/mol. The predicted octanol–water partition coefficient (Wildman–Crippen LogP) is 3.12. The zero-order valence-corrected chi connectivity index (χ0v) is 10.1. The Labute approximate surface area is 101 Å². The van der Waals surface area contributed by atoms with Crippen molar-refractivity contribution in [2.24, 2.45) is 0 Å². The van der Waals surface area contributed by atoms with Crippen LogP contribution in [0, 0.1) is 0 Å². The molecule has 0 heterocycles. The minimum Gasteiger partial charge on any atom is -0.478 e. The lowest BCUT2D eigenvalue weighted by atomic mass is 10.7. The van der Waals surface area contributed by atoms with Gasteiger partial charge < -0.3 is 9.84 Å². The van der Waals surface area contributed by atoms with E-state index in [-0.39, 0.29) is 5.97 Å². The van der Waals surface area contributed by atoms with Crippen molar-refractivity contribution < 1.29 is 19.4 Å². The molecule has 0 fully saturated rings.